The standard InChI is InChI=1S/C22H31N7O3S/c1-4-28(5-2)33(31,32)18-6-7-20-19(14-18)25-21(26(20)3)8-9-22(30)27-12-10-17(11-13-27)29-16-23-15-24-29/h6-7,14-17H,4-5,8-13H2,1-3H3. The van der Waals surface area contributed by atoms with Crippen LogP contribution in [0.25, 0.3) is 11.0 Å². The number of rotatable bonds is 8. The maximum atomic E-state index is 12.9. The maximum Gasteiger partial charge on any atom is 0.243 e. The lowest BCUT2D eigenvalue weighted by Gasteiger charge is -2.31. The van der Waals surface area contributed by atoms with Gasteiger partial charge in [0, 0.05) is 46.1 Å². The molecule has 4 rings (SSSR count). The van der Waals surface area contributed by atoms with E-state index in [-0.39, 0.29) is 10.8 Å². The number of hydrogen-bond acceptors (Lipinski definition) is 6. The number of carbonyl (C=O) groups is 1. The van der Waals surface area contributed by atoms with Gasteiger partial charge in [-0.15, -0.1) is 0 Å². The summed E-state index contributed by atoms with van der Waals surface area (Å²) in [7, 11) is -1.64. The van der Waals surface area contributed by atoms with Crippen molar-refractivity contribution in [2.24, 2.45) is 7.05 Å². The predicted octanol–water partition coefficient (Wildman–Crippen LogP) is 1.99. The van der Waals surface area contributed by atoms with Crippen molar-refractivity contribution in [2.75, 3.05) is 26.2 Å². The number of amides is 1. The van der Waals surface area contributed by atoms with Gasteiger partial charge in [0.15, 0.2) is 0 Å². The van der Waals surface area contributed by atoms with Crippen molar-refractivity contribution in [3.63, 3.8) is 0 Å². The normalized spacial score (nSPS) is 15.6. The Balaban J connectivity index is 1.42. The van der Waals surface area contributed by atoms with E-state index in [1.807, 2.05) is 35.0 Å². The molecule has 0 saturated carbocycles. The molecule has 1 aromatic carbocycles. The molecule has 0 aliphatic carbocycles. The number of likely N-dealkylation sites (tertiary alicyclic amines) is 1. The third-order valence-electron chi connectivity index (χ3n) is 6.48. The van der Waals surface area contributed by atoms with Crippen molar-refractivity contribution in [1.82, 2.24) is 33.5 Å². The summed E-state index contributed by atoms with van der Waals surface area (Å²) in [6, 6.07) is 5.34. The van der Waals surface area contributed by atoms with Crippen molar-refractivity contribution in [2.45, 2.75) is 50.5 Å². The van der Waals surface area contributed by atoms with Crippen molar-refractivity contribution < 1.29 is 13.2 Å². The second-order valence-electron chi connectivity index (χ2n) is 8.31. The van der Waals surface area contributed by atoms with Gasteiger partial charge in [-0.25, -0.2) is 23.1 Å². The first-order chi connectivity index (χ1) is 15.8. The summed E-state index contributed by atoms with van der Waals surface area (Å²) in [4.78, 5) is 23.6. The van der Waals surface area contributed by atoms with E-state index in [4.69, 9.17) is 0 Å². The van der Waals surface area contributed by atoms with Crippen LogP contribution in [0.15, 0.2) is 35.7 Å². The van der Waals surface area contributed by atoms with Crippen molar-refractivity contribution >= 4 is 27.0 Å². The monoisotopic (exact) mass is 473 g/mol. The Hall–Kier alpha value is -2.79. The van der Waals surface area contributed by atoms with Gasteiger partial charge in [0.2, 0.25) is 15.9 Å². The van der Waals surface area contributed by atoms with Gasteiger partial charge in [-0.2, -0.15) is 9.40 Å². The highest BCUT2D eigenvalue weighted by molar-refractivity contribution is 7.89. The number of hydrogen-bond donors (Lipinski definition) is 0. The van der Waals surface area contributed by atoms with Gasteiger partial charge in [-0.1, -0.05) is 13.8 Å². The molecule has 0 atom stereocenters. The van der Waals surface area contributed by atoms with E-state index in [0.29, 0.717) is 50.6 Å². The first kappa shape index (κ1) is 23.4. The molecule has 2 aromatic heterocycles. The van der Waals surface area contributed by atoms with E-state index in [1.165, 1.54) is 10.6 Å². The molecule has 3 heterocycles. The predicted molar refractivity (Wildman–Crippen MR) is 124 cm³/mol. The number of carbonyl (C=O) groups excluding carboxylic acids is 1. The quantitative estimate of drug-likeness (QED) is 0.495. The molecule has 1 amide bonds. The molecule has 10 nitrogen and oxygen atoms in total. The fraction of sp³-hybridized carbons (Fsp3) is 0.545. The lowest BCUT2D eigenvalue weighted by Crippen LogP contribution is -2.39. The minimum absolute atomic E-state index is 0.115. The molecular formula is C22H31N7O3S. The first-order valence-electron chi connectivity index (χ1n) is 11.4. The van der Waals surface area contributed by atoms with Gasteiger partial charge < -0.3 is 9.47 Å². The molecule has 0 radical (unpaired) electrons. The van der Waals surface area contributed by atoms with Gasteiger partial charge in [0.05, 0.1) is 22.0 Å². The zero-order valence-electron chi connectivity index (χ0n) is 19.4. The van der Waals surface area contributed by atoms with E-state index >= 15 is 0 Å². The number of aryl methyl sites for hydroxylation is 2. The van der Waals surface area contributed by atoms with Gasteiger partial charge in [-0.3, -0.25) is 4.79 Å². The van der Waals surface area contributed by atoms with Crippen LogP contribution in [0.2, 0.25) is 0 Å². The average molecular weight is 474 g/mol. The number of sulfonamides is 1. The number of piperidine rings is 1. The van der Waals surface area contributed by atoms with Crippen LogP contribution in [0.5, 0.6) is 0 Å². The molecule has 1 saturated heterocycles. The lowest BCUT2D eigenvalue weighted by molar-refractivity contribution is -0.132. The summed E-state index contributed by atoms with van der Waals surface area (Å²) < 4.78 is 30.9. The molecule has 0 N–H and O–H groups in total. The molecule has 0 spiro atoms. The first-order valence-corrected chi connectivity index (χ1v) is 12.9. The van der Waals surface area contributed by atoms with Crippen LogP contribution in [-0.2, 0) is 28.3 Å². The number of benzene rings is 1. The largest absolute Gasteiger partial charge is 0.343 e. The van der Waals surface area contributed by atoms with Gasteiger partial charge in [0.1, 0.15) is 18.5 Å². The highest BCUT2D eigenvalue weighted by Crippen LogP contribution is 2.24. The van der Waals surface area contributed by atoms with Crippen LogP contribution in [0.3, 0.4) is 0 Å². The number of fused-ring (bicyclic) bond motifs is 1. The highest BCUT2D eigenvalue weighted by Gasteiger charge is 2.25. The fourth-order valence-electron chi connectivity index (χ4n) is 4.49. The SMILES string of the molecule is CCN(CC)S(=O)(=O)c1ccc2c(c1)nc(CCC(=O)N1CCC(n3cncn3)CC1)n2C. The Bertz CT molecular complexity index is 1210. The molecule has 0 bridgehead atoms. The van der Waals surface area contributed by atoms with Gasteiger partial charge in [-0.05, 0) is 31.0 Å². The summed E-state index contributed by atoms with van der Waals surface area (Å²) in [6.07, 6.45) is 5.88. The van der Waals surface area contributed by atoms with Crippen LogP contribution < -0.4 is 0 Å². The summed E-state index contributed by atoms with van der Waals surface area (Å²) in [5.41, 5.74) is 1.48. The van der Waals surface area contributed by atoms with Crippen molar-refractivity contribution in [3.8, 4) is 0 Å². The minimum atomic E-state index is -3.54. The van der Waals surface area contributed by atoms with E-state index in [9.17, 15) is 13.2 Å². The number of nitrogens with zero attached hydrogens (tertiary/aromatic N) is 7. The van der Waals surface area contributed by atoms with Crippen LogP contribution >= 0.6 is 0 Å². The summed E-state index contributed by atoms with van der Waals surface area (Å²) in [5.74, 6) is 0.886. The Morgan fingerprint density at radius 1 is 1.18 bits per heavy atom. The third kappa shape index (κ3) is 4.65. The fourth-order valence-corrected chi connectivity index (χ4v) is 5.97. The molecule has 33 heavy (non-hydrogen) atoms. The smallest absolute Gasteiger partial charge is 0.243 e. The second kappa shape index (κ2) is 9.60. The average Bonchev–Trinajstić information content (AvgIpc) is 3.46. The maximum absolute atomic E-state index is 12.9. The molecular weight excluding hydrogens is 442 g/mol. The number of aromatic nitrogens is 5. The van der Waals surface area contributed by atoms with Crippen molar-refractivity contribution in [1.29, 1.82) is 0 Å². The zero-order chi connectivity index (χ0) is 23.6. The van der Waals surface area contributed by atoms with E-state index in [0.717, 1.165) is 24.2 Å². The molecule has 1 fully saturated rings. The molecule has 1 aliphatic heterocycles. The van der Waals surface area contributed by atoms with E-state index < -0.39 is 10.0 Å². The van der Waals surface area contributed by atoms with Gasteiger partial charge in [0.25, 0.3) is 0 Å². The Kier molecular flexibility index (Phi) is 6.80. The van der Waals surface area contributed by atoms with Crippen LogP contribution in [0.4, 0.5) is 0 Å². The van der Waals surface area contributed by atoms with Crippen molar-refractivity contribution in [3.05, 3.63) is 36.7 Å². The summed E-state index contributed by atoms with van der Waals surface area (Å²) >= 11 is 0. The lowest BCUT2D eigenvalue weighted by atomic mass is 10.0. The minimum Gasteiger partial charge on any atom is -0.343 e. The summed E-state index contributed by atoms with van der Waals surface area (Å²) in [6.45, 7) is 5.90. The molecule has 0 unspecified atom stereocenters. The highest BCUT2D eigenvalue weighted by atomic mass is 32.2. The molecule has 3 aromatic rings. The number of imidazole rings is 1. The Morgan fingerprint density at radius 3 is 2.55 bits per heavy atom. The Labute approximate surface area is 194 Å². The molecule has 178 valence electrons. The third-order valence-corrected chi connectivity index (χ3v) is 8.52. The topological polar surface area (TPSA) is 106 Å². The Morgan fingerprint density at radius 2 is 1.91 bits per heavy atom. The summed E-state index contributed by atoms with van der Waals surface area (Å²) in [5, 5.41) is 4.21. The van der Waals surface area contributed by atoms with E-state index in [2.05, 4.69) is 15.1 Å². The van der Waals surface area contributed by atoms with Crippen LogP contribution in [0.1, 0.15) is 45.0 Å². The van der Waals surface area contributed by atoms with Crippen LogP contribution in [0, 0.1) is 0 Å². The van der Waals surface area contributed by atoms with Crippen LogP contribution in [-0.4, -0.2) is 74.0 Å². The zero-order valence-corrected chi connectivity index (χ0v) is 20.2. The molecule has 11 heteroatoms. The second-order valence-corrected chi connectivity index (χ2v) is 10.3. The molecule has 1 aliphatic rings. The van der Waals surface area contributed by atoms with E-state index in [1.54, 1.807) is 24.5 Å². The van der Waals surface area contributed by atoms with Gasteiger partial charge >= 0.3 is 0 Å².